The van der Waals surface area contributed by atoms with Gasteiger partial charge in [0, 0.05) is 0 Å². The van der Waals surface area contributed by atoms with Crippen molar-refractivity contribution < 1.29 is 53.2 Å². The van der Waals surface area contributed by atoms with Crippen LogP contribution in [0, 0.1) is 5.41 Å². The van der Waals surface area contributed by atoms with Crippen molar-refractivity contribution in [1.29, 1.82) is 0 Å². The summed E-state index contributed by atoms with van der Waals surface area (Å²) in [6, 6.07) is 0. The van der Waals surface area contributed by atoms with Crippen LogP contribution in [-0.2, 0) is 23.2 Å². The Hall–Kier alpha value is 0.600. The van der Waals surface area contributed by atoms with Gasteiger partial charge >= 0.3 is 156 Å². The van der Waals surface area contributed by atoms with E-state index in [1.807, 2.05) is 3.28 Å². The van der Waals surface area contributed by atoms with E-state index in [1.54, 1.807) is 30.8 Å². The molecule has 25 heavy (non-hydrogen) atoms. The number of aliphatic hydroxyl groups is 1. The fourth-order valence-corrected chi connectivity index (χ4v) is 12.5. The number of hydrogen-bond donors (Lipinski definition) is 1. The number of allylic oxidation sites excluding steroid dienone is 8. The van der Waals surface area contributed by atoms with Gasteiger partial charge in [0.2, 0.25) is 0 Å². The zero-order valence-corrected chi connectivity index (χ0v) is 21.8. The Kier molecular flexibility index (Phi) is 10.5. The molecule has 0 spiro atoms. The van der Waals surface area contributed by atoms with Gasteiger partial charge in [0.25, 0.3) is 0 Å². The summed E-state index contributed by atoms with van der Waals surface area (Å²) in [5, 5.41) is 11.0. The van der Waals surface area contributed by atoms with Gasteiger partial charge in [-0.25, -0.2) is 0 Å². The van der Waals surface area contributed by atoms with Crippen LogP contribution in [0.2, 0.25) is 13.1 Å². The Morgan fingerprint density at radius 1 is 1.12 bits per heavy atom. The van der Waals surface area contributed by atoms with Crippen molar-refractivity contribution in [3.63, 3.8) is 0 Å². The molecule has 2 rings (SSSR count). The number of hydrogen-bond acceptors (Lipinski definition) is 1. The summed E-state index contributed by atoms with van der Waals surface area (Å²) in [7, 11) is -0.801. The van der Waals surface area contributed by atoms with E-state index in [-0.39, 0.29) is 30.2 Å². The fraction of sp³-hybridized carbons (Fsp3) is 0.600. The van der Waals surface area contributed by atoms with Gasteiger partial charge in [0.15, 0.2) is 0 Å². The molecule has 2 aliphatic rings. The quantitative estimate of drug-likeness (QED) is 0.492. The summed E-state index contributed by atoms with van der Waals surface area (Å²) in [6.45, 7) is 17.1. The van der Waals surface area contributed by atoms with Crippen LogP contribution in [-0.4, -0.2) is 20.5 Å². The molecule has 0 unspecified atom stereocenters. The molecule has 0 amide bonds. The van der Waals surface area contributed by atoms with E-state index >= 15 is 0 Å². The Bertz CT molecular complexity index is 628. The molecule has 2 aliphatic carbocycles. The molecular formula is C20H32Cl2OSiZr. The van der Waals surface area contributed by atoms with Gasteiger partial charge in [0.1, 0.15) is 0 Å². The van der Waals surface area contributed by atoms with Gasteiger partial charge in [-0.2, -0.15) is 0 Å². The SMILES string of the molecule is CC1=C(C)C(C)(C)[C]([Zr+2][C]2=C([SiH](C)C)C(CCCO)=CC2)=C1C.[Cl-].[Cl-]. The van der Waals surface area contributed by atoms with Gasteiger partial charge in [-0.1, -0.05) is 0 Å². The Morgan fingerprint density at radius 3 is 2.16 bits per heavy atom. The topological polar surface area (TPSA) is 20.2 Å². The van der Waals surface area contributed by atoms with E-state index < -0.39 is 32.0 Å². The van der Waals surface area contributed by atoms with Gasteiger partial charge in [0.05, 0.1) is 0 Å². The first-order chi connectivity index (χ1) is 10.7. The minimum atomic E-state index is -0.801. The van der Waals surface area contributed by atoms with Crippen LogP contribution < -0.4 is 24.8 Å². The van der Waals surface area contributed by atoms with E-state index in [4.69, 9.17) is 0 Å². The van der Waals surface area contributed by atoms with Crippen LogP contribution in [0.15, 0.2) is 40.1 Å². The zero-order chi connectivity index (χ0) is 17.4. The Morgan fingerprint density at radius 2 is 1.72 bits per heavy atom. The third-order valence-corrected chi connectivity index (χ3v) is 13.3. The van der Waals surface area contributed by atoms with E-state index in [0.717, 1.165) is 12.8 Å². The number of rotatable bonds is 6. The van der Waals surface area contributed by atoms with E-state index in [0.29, 0.717) is 6.61 Å². The monoisotopic (exact) mass is 476 g/mol. The van der Waals surface area contributed by atoms with Gasteiger partial charge < -0.3 is 24.8 Å². The van der Waals surface area contributed by atoms with Crippen LogP contribution in [0.4, 0.5) is 0 Å². The molecule has 0 saturated heterocycles. The first-order valence-corrected chi connectivity index (χ1v) is 14.3. The molecule has 0 atom stereocenters. The molecule has 0 radical (unpaired) electrons. The third-order valence-electron chi connectivity index (χ3n) is 5.74. The molecule has 0 aromatic rings. The maximum absolute atomic E-state index is 9.17. The summed E-state index contributed by atoms with van der Waals surface area (Å²) in [5.74, 6) is 0. The second-order valence-electron chi connectivity index (χ2n) is 7.81. The average molecular weight is 479 g/mol. The molecule has 1 N–H and O–H groups in total. The molecule has 0 fully saturated rings. The van der Waals surface area contributed by atoms with Crippen LogP contribution in [0.25, 0.3) is 0 Å². The van der Waals surface area contributed by atoms with E-state index in [1.165, 1.54) is 6.42 Å². The fourth-order valence-electron chi connectivity index (χ4n) is 3.98. The molecule has 0 bridgehead atoms. The molecule has 0 saturated carbocycles. The van der Waals surface area contributed by atoms with Crippen LogP contribution in [0.3, 0.4) is 0 Å². The van der Waals surface area contributed by atoms with Crippen molar-refractivity contribution in [1.82, 2.24) is 0 Å². The van der Waals surface area contributed by atoms with Crippen molar-refractivity contribution in [3.05, 3.63) is 40.1 Å². The van der Waals surface area contributed by atoms with Crippen molar-refractivity contribution in [3.8, 4) is 0 Å². The minimum absolute atomic E-state index is 0. The predicted octanol–water partition coefficient (Wildman–Crippen LogP) is -0.890. The van der Waals surface area contributed by atoms with Crippen molar-refractivity contribution >= 4 is 8.80 Å². The van der Waals surface area contributed by atoms with E-state index in [9.17, 15) is 5.11 Å². The predicted molar refractivity (Wildman–Crippen MR) is 99.8 cm³/mol. The van der Waals surface area contributed by atoms with Crippen LogP contribution >= 0.6 is 0 Å². The normalized spacial score (nSPS) is 19.2. The molecule has 0 aromatic heterocycles. The summed E-state index contributed by atoms with van der Waals surface area (Å²) < 4.78 is 3.64. The summed E-state index contributed by atoms with van der Waals surface area (Å²) in [4.78, 5) is 0. The van der Waals surface area contributed by atoms with Crippen molar-refractivity contribution in [2.45, 2.75) is 67.0 Å². The summed E-state index contributed by atoms with van der Waals surface area (Å²) >= 11 is -0.696. The maximum atomic E-state index is 9.17. The standard InChI is InChI=1S/C10H17OSi.C10H15.2ClH.Zr/c1-12(2)10-7-3-5-9(10)6-4-8-11;1-7-6-10(4,5)9(3)8(7)2;;;/h5,11-12H,3-4,6,8H2,1-2H3;1-5H3;2*1H;/q;;;;+2/p-2. The summed E-state index contributed by atoms with van der Waals surface area (Å²) in [6.07, 6.45) is 5.69. The molecule has 140 valence electrons. The second kappa shape index (κ2) is 10.2. The Labute approximate surface area is 180 Å². The van der Waals surface area contributed by atoms with Crippen molar-refractivity contribution in [2.75, 3.05) is 6.61 Å². The zero-order valence-electron chi connectivity index (χ0n) is 16.7. The second-order valence-corrected chi connectivity index (χ2v) is 14.0. The first kappa shape index (κ1) is 25.6. The van der Waals surface area contributed by atoms with E-state index in [2.05, 4.69) is 53.8 Å². The maximum Gasteiger partial charge on any atom is -1.00 e. The molecule has 5 heteroatoms. The molecular weight excluding hydrogens is 446 g/mol. The molecule has 1 nitrogen and oxygen atoms in total. The molecule has 0 aromatic carbocycles. The van der Waals surface area contributed by atoms with Crippen LogP contribution in [0.5, 0.6) is 0 Å². The number of aliphatic hydroxyl groups excluding tert-OH is 1. The largest absolute Gasteiger partial charge is 1.00 e. The number of halogens is 2. The van der Waals surface area contributed by atoms with Gasteiger partial charge in [-0.15, -0.1) is 0 Å². The smallest absolute Gasteiger partial charge is 1.00 e. The average Bonchev–Trinajstić information content (AvgIpc) is 2.95. The van der Waals surface area contributed by atoms with Gasteiger partial charge in [-0.3, -0.25) is 0 Å². The van der Waals surface area contributed by atoms with Crippen molar-refractivity contribution in [2.24, 2.45) is 5.41 Å². The first-order valence-electron chi connectivity index (χ1n) is 8.91. The summed E-state index contributed by atoms with van der Waals surface area (Å²) in [5.41, 5.74) is 6.60. The van der Waals surface area contributed by atoms with Gasteiger partial charge in [-0.05, 0) is 0 Å². The molecule has 0 aliphatic heterocycles. The Balaban J connectivity index is 0.00000288. The third kappa shape index (κ3) is 5.11. The molecule has 0 heterocycles. The minimum Gasteiger partial charge on any atom is -1.00 e. The van der Waals surface area contributed by atoms with Crippen LogP contribution in [0.1, 0.15) is 53.9 Å².